The van der Waals surface area contributed by atoms with Gasteiger partial charge >= 0.3 is 0 Å². The minimum Gasteiger partial charge on any atom is -0.413 e. The van der Waals surface area contributed by atoms with E-state index in [0.717, 1.165) is 46.4 Å². The molecule has 9 heteroatoms. The summed E-state index contributed by atoms with van der Waals surface area (Å²) in [5.74, 6) is 1.16. The SMILES string of the molecule is Cc1cnc(Nc2cc(C#N)c(Br)c(CO[Si](C)(C)C(C)(C)C)c2)nc1N[C@@H]1CCC[C@H]1C#N. The Balaban J connectivity index is 1.83. The molecule has 1 aromatic carbocycles. The second-order valence-electron chi connectivity index (χ2n) is 10.4. The fourth-order valence-electron chi connectivity index (χ4n) is 3.66. The maximum Gasteiger partial charge on any atom is 0.229 e. The average molecular weight is 542 g/mol. The van der Waals surface area contributed by atoms with Gasteiger partial charge in [-0.3, -0.25) is 0 Å². The van der Waals surface area contributed by atoms with Crippen molar-refractivity contribution in [2.24, 2.45) is 5.92 Å². The Bertz CT molecular complexity index is 1130. The second kappa shape index (κ2) is 10.4. The molecular formula is C25H33BrN6OSi. The van der Waals surface area contributed by atoms with E-state index in [1.165, 1.54) is 0 Å². The molecule has 1 heterocycles. The van der Waals surface area contributed by atoms with E-state index in [1.807, 2.05) is 13.0 Å². The van der Waals surface area contributed by atoms with Gasteiger partial charge in [-0.15, -0.1) is 0 Å². The fourth-order valence-corrected chi connectivity index (χ4v) is 5.04. The summed E-state index contributed by atoms with van der Waals surface area (Å²) in [7, 11) is -1.95. The summed E-state index contributed by atoms with van der Waals surface area (Å²) in [4.78, 5) is 9.09. The smallest absolute Gasteiger partial charge is 0.229 e. The number of benzene rings is 1. The van der Waals surface area contributed by atoms with E-state index in [2.05, 4.69) is 82.5 Å². The third-order valence-corrected chi connectivity index (χ3v) is 12.3. The molecule has 0 aliphatic heterocycles. The monoisotopic (exact) mass is 540 g/mol. The zero-order valence-electron chi connectivity index (χ0n) is 20.8. The van der Waals surface area contributed by atoms with Crippen LogP contribution in [0.2, 0.25) is 18.1 Å². The molecule has 0 spiro atoms. The molecule has 1 aromatic heterocycles. The van der Waals surface area contributed by atoms with Crippen molar-refractivity contribution in [3.8, 4) is 12.1 Å². The molecule has 2 N–H and O–H groups in total. The van der Waals surface area contributed by atoms with Crippen LogP contribution in [0, 0.1) is 35.5 Å². The van der Waals surface area contributed by atoms with Crippen LogP contribution in [0.1, 0.15) is 56.7 Å². The number of hydrogen-bond acceptors (Lipinski definition) is 7. The first-order valence-corrected chi connectivity index (χ1v) is 15.3. The number of nitrogens with zero attached hydrogens (tertiary/aromatic N) is 4. The normalized spacial score (nSPS) is 18.3. The van der Waals surface area contributed by atoms with Crippen LogP contribution in [0.3, 0.4) is 0 Å². The number of rotatable bonds is 7. The lowest BCUT2D eigenvalue weighted by Crippen LogP contribution is -2.40. The van der Waals surface area contributed by atoms with Crippen molar-refractivity contribution in [1.82, 2.24) is 9.97 Å². The summed E-state index contributed by atoms with van der Waals surface area (Å²) < 4.78 is 7.15. The quantitative estimate of drug-likeness (QED) is 0.372. The second-order valence-corrected chi connectivity index (χ2v) is 16.0. The third kappa shape index (κ3) is 5.96. The number of nitriles is 2. The highest BCUT2D eigenvalue weighted by Gasteiger charge is 2.37. The minimum absolute atomic E-state index is 0.00103. The summed E-state index contributed by atoms with van der Waals surface area (Å²) in [6, 6.07) is 8.50. The molecule has 2 atom stereocenters. The molecular weight excluding hydrogens is 508 g/mol. The highest BCUT2D eigenvalue weighted by atomic mass is 79.9. The van der Waals surface area contributed by atoms with E-state index in [9.17, 15) is 10.5 Å². The van der Waals surface area contributed by atoms with Gasteiger partial charge in [0.2, 0.25) is 5.95 Å². The van der Waals surface area contributed by atoms with Crippen molar-refractivity contribution in [3.05, 3.63) is 39.5 Å². The van der Waals surface area contributed by atoms with E-state index in [-0.39, 0.29) is 17.0 Å². The molecule has 7 nitrogen and oxygen atoms in total. The molecule has 1 fully saturated rings. The van der Waals surface area contributed by atoms with Gasteiger partial charge in [-0.05, 0) is 77.9 Å². The number of aromatic nitrogens is 2. The summed E-state index contributed by atoms with van der Waals surface area (Å²) in [5, 5.41) is 25.9. The first-order valence-electron chi connectivity index (χ1n) is 11.6. The maximum absolute atomic E-state index is 9.67. The molecule has 3 rings (SSSR count). The van der Waals surface area contributed by atoms with Gasteiger partial charge in [0, 0.05) is 28.0 Å². The van der Waals surface area contributed by atoms with Gasteiger partial charge in [0.15, 0.2) is 8.32 Å². The van der Waals surface area contributed by atoms with Crippen LogP contribution in [0.5, 0.6) is 0 Å². The minimum atomic E-state index is -1.95. The van der Waals surface area contributed by atoms with Crippen LogP contribution in [-0.4, -0.2) is 24.3 Å². The number of nitrogens with one attached hydrogen (secondary N) is 2. The van der Waals surface area contributed by atoms with E-state index < -0.39 is 8.32 Å². The lowest BCUT2D eigenvalue weighted by atomic mass is 10.1. The number of halogens is 1. The van der Waals surface area contributed by atoms with Crippen molar-refractivity contribution in [3.63, 3.8) is 0 Å². The van der Waals surface area contributed by atoms with Crippen LogP contribution in [0.25, 0.3) is 0 Å². The molecule has 0 unspecified atom stereocenters. The largest absolute Gasteiger partial charge is 0.413 e. The van der Waals surface area contributed by atoms with Crippen LogP contribution in [0.15, 0.2) is 22.8 Å². The van der Waals surface area contributed by atoms with Crippen molar-refractivity contribution in [1.29, 1.82) is 10.5 Å². The van der Waals surface area contributed by atoms with Crippen LogP contribution >= 0.6 is 15.9 Å². The molecule has 0 bridgehead atoms. The molecule has 0 amide bonds. The highest BCUT2D eigenvalue weighted by Crippen LogP contribution is 2.38. The zero-order valence-corrected chi connectivity index (χ0v) is 23.4. The summed E-state index contributed by atoms with van der Waals surface area (Å²) in [6.45, 7) is 13.4. The van der Waals surface area contributed by atoms with Crippen molar-refractivity contribution < 1.29 is 4.43 Å². The number of aryl methyl sites for hydroxylation is 1. The Labute approximate surface area is 212 Å². The molecule has 2 aromatic rings. The van der Waals surface area contributed by atoms with Gasteiger partial charge in [0.25, 0.3) is 0 Å². The first-order chi connectivity index (χ1) is 15.9. The standard InChI is InChI=1S/C25H33BrN6OSi/c1-16-14-29-24(32-23(16)31-21-9-7-8-17(21)12-27)30-20-10-18(13-28)22(26)19(11-20)15-33-34(5,6)25(2,3)4/h10-11,14,17,21H,7-9,15H2,1-6H3,(H2,29,30,31,32)/t17-,21+/m0/s1. The van der Waals surface area contributed by atoms with Crippen LogP contribution < -0.4 is 10.6 Å². The van der Waals surface area contributed by atoms with Gasteiger partial charge < -0.3 is 15.1 Å². The maximum atomic E-state index is 9.67. The summed E-state index contributed by atoms with van der Waals surface area (Å²) in [5.41, 5.74) is 3.07. The van der Waals surface area contributed by atoms with Gasteiger partial charge in [0.1, 0.15) is 11.9 Å². The Morgan fingerprint density at radius 3 is 2.62 bits per heavy atom. The molecule has 1 saturated carbocycles. The van der Waals surface area contributed by atoms with Gasteiger partial charge in [0.05, 0.1) is 24.2 Å². The third-order valence-electron chi connectivity index (χ3n) is 6.89. The molecule has 1 aliphatic carbocycles. The zero-order chi connectivity index (χ0) is 25.1. The molecule has 0 radical (unpaired) electrons. The average Bonchev–Trinajstić information content (AvgIpc) is 3.22. The van der Waals surface area contributed by atoms with E-state index >= 15 is 0 Å². The van der Waals surface area contributed by atoms with Crippen molar-refractivity contribution in [2.75, 3.05) is 10.6 Å². The van der Waals surface area contributed by atoms with Gasteiger partial charge in [-0.2, -0.15) is 15.5 Å². The summed E-state index contributed by atoms with van der Waals surface area (Å²) >= 11 is 3.58. The predicted octanol–water partition coefficient (Wildman–Crippen LogP) is 6.79. The number of anilines is 3. The fraction of sp³-hybridized carbons (Fsp3) is 0.520. The van der Waals surface area contributed by atoms with Gasteiger partial charge in [-0.1, -0.05) is 20.8 Å². The summed E-state index contributed by atoms with van der Waals surface area (Å²) in [6.07, 6.45) is 4.68. The van der Waals surface area contributed by atoms with Gasteiger partial charge in [-0.25, -0.2) is 4.98 Å². The molecule has 34 heavy (non-hydrogen) atoms. The van der Waals surface area contributed by atoms with E-state index in [4.69, 9.17) is 4.43 Å². The van der Waals surface area contributed by atoms with Crippen molar-refractivity contribution >= 4 is 41.7 Å². The van der Waals surface area contributed by atoms with Crippen molar-refractivity contribution in [2.45, 2.75) is 77.7 Å². The lowest BCUT2D eigenvalue weighted by Gasteiger charge is -2.36. The van der Waals surface area contributed by atoms with Crippen LogP contribution in [0.4, 0.5) is 17.5 Å². The topological polar surface area (TPSA) is 107 Å². The molecule has 180 valence electrons. The Kier molecular flexibility index (Phi) is 8.02. The Morgan fingerprint density at radius 2 is 1.97 bits per heavy atom. The molecule has 1 aliphatic rings. The molecule has 0 saturated heterocycles. The van der Waals surface area contributed by atoms with Crippen LogP contribution in [-0.2, 0) is 11.0 Å². The Morgan fingerprint density at radius 1 is 1.24 bits per heavy atom. The number of hydrogen-bond donors (Lipinski definition) is 2. The predicted molar refractivity (Wildman–Crippen MR) is 141 cm³/mol. The highest BCUT2D eigenvalue weighted by molar-refractivity contribution is 9.10. The van der Waals surface area contributed by atoms with E-state index in [1.54, 1.807) is 12.3 Å². The first kappa shape index (κ1) is 26.1. The Hall–Kier alpha value is -2.46. The van der Waals surface area contributed by atoms with E-state index in [0.29, 0.717) is 18.1 Å². The lowest BCUT2D eigenvalue weighted by molar-refractivity contribution is 0.275.